The van der Waals surface area contributed by atoms with Crippen LogP contribution in [0.3, 0.4) is 0 Å². The summed E-state index contributed by atoms with van der Waals surface area (Å²) >= 11 is 0. The van der Waals surface area contributed by atoms with Crippen molar-refractivity contribution in [3.8, 4) is 0 Å². The molecule has 1 saturated carbocycles. The van der Waals surface area contributed by atoms with E-state index in [1.807, 2.05) is 25.7 Å². The number of amides is 1. The van der Waals surface area contributed by atoms with Gasteiger partial charge in [-0.2, -0.15) is 0 Å². The molecule has 0 N–H and O–H groups in total. The molecule has 1 aliphatic heterocycles. The van der Waals surface area contributed by atoms with Crippen LogP contribution in [0.4, 0.5) is 4.79 Å². The maximum absolute atomic E-state index is 12.6. The lowest BCUT2D eigenvalue weighted by Gasteiger charge is -2.49. The molecule has 0 spiro atoms. The number of carbonyl (C=O) groups excluding carboxylic acids is 1. The smallest absolute Gasteiger partial charge is 0.410 e. The van der Waals surface area contributed by atoms with Crippen LogP contribution < -0.4 is 0 Å². The average molecular weight is 330 g/mol. The number of benzene rings is 1. The molecule has 2 fully saturated rings. The molecule has 4 nitrogen and oxygen atoms in total. The highest BCUT2D eigenvalue weighted by Crippen LogP contribution is 2.32. The standard InChI is InChI=1S/C20H30N2O2/c1-20(2,3)24-19(23)22-14-13-21(15-16-9-5-4-6-10-16)17-11-7-8-12-18(17)22/h4-6,9-10,17-18H,7-8,11-15H2,1-3H3. The summed E-state index contributed by atoms with van der Waals surface area (Å²) in [4.78, 5) is 17.2. The first kappa shape index (κ1) is 17.3. The van der Waals surface area contributed by atoms with Crippen LogP contribution in [-0.2, 0) is 11.3 Å². The summed E-state index contributed by atoms with van der Waals surface area (Å²) in [5.74, 6) is 0. The van der Waals surface area contributed by atoms with Crippen molar-refractivity contribution in [3.63, 3.8) is 0 Å². The second-order valence-electron chi connectivity index (χ2n) is 8.05. The molecule has 1 heterocycles. The number of nitrogens with zero attached hydrogens (tertiary/aromatic N) is 2. The zero-order chi connectivity index (χ0) is 17.2. The summed E-state index contributed by atoms with van der Waals surface area (Å²) in [5.41, 5.74) is 0.926. The molecular formula is C20H30N2O2. The molecule has 0 aromatic heterocycles. The predicted molar refractivity (Wildman–Crippen MR) is 95.8 cm³/mol. The molecule has 1 aliphatic carbocycles. The first-order valence-corrected chi connectivity index (χ1v) is 9.22. The van der Waals surface area contributed by atoms with Crippen LogP contribution in [0.25, 0.3) is 0 Å². The summed E-state index contributed by atoms with van der Waals surface area (Å²) < 4.78 is 5.65. The van der Waals surface area contributed by atoms with Crippen molar-refractivity contribution in [2.75, 3.05) is 13.1 Å². The van der Waals surface area contributed by atoms with E-state index in [9.17, 15) is 4.79 Å². The first-order chi connectivity index (χ1) is 11.4. The van der Waals surface area contributed by atoms with Crippen molar-refractivity contribution in [3.05, 3.63) is 35.9 Å². The SMILES string of the molecule is CC(C)(C)OC(=O)N1CCN(Cc2ccccc2)C2CCCCC21. The van der Waals surface area contributed by atoms with Gasteiger partial charge in [0.25, 0.3) is 0 Å². The molecule has 1 aromatic carbocycles. The lowest BCUT2D eigenvalue weighted by atomic mass is 9.86. The van der Waals surface area contributed by atoms with Gasteiger partial charge in [-0.1, -0.05) is 43.2 Å². The van der Waals surface area contributed by atoms with E-state index in [1.165, 1.54) is 24.8 Å². The maximum Gasteiger partial charge on any atom is 0.410 e. The molecule has 0 bridgehead atoms. The quantitative estimate of drug-likeness (QED) is 0.820. The van der Waals surface area contributed by atoms with Crippen LogP contribution in [0.1, 0.15) is 52.0 Å². The van der Waals surface area contributed by atoms with E-state index in [0.29, 0.717) is 12.1 Å². The Labute approximate surface area is 145 Å². The van der Waals surface area contributed by atoms with Crippen molar-refractivity contribution in [2.45, 2.75) is 70.7 Å². The summed E-state index contributed by atoms with van der Waals surface area (Å²) in [6.45, 7) is 8.49. The van der Waals surface area contributed by atoms with Crippen LogP contribution in [-0.4, -0.2) is 46.7 Å². The van der Waals surface area contributed by atoms with E-state index >= 15 is 0 Å². The predicted octanol–water partition coefficient (Wildman–Crippen LogP) is 4.05. The number of hydrogen-bond acceptors (Lipinski definition) is 3. The van der Waals surface area contributed by atoms with Crippen molar-refractivity contribution in [1.82, 2.24) is 9.80 Å². The average Bonchev–Trinajstić information content (AvgIpc) is 2.54. The van der Waals surface area contributed by atoms with E-state index in [0.717, 1.165) is 26.1 Å². The third kappa shape index (κ3) is 4.10. The number of hydrogen-bond donors (Lipinski definition) is 0. The van der Waals surface area contributed by atoms with Gasteiger partial charge in [0.2, 0.25) is 0 Å². The Hall–Kier alpha value is -1.55. The van der Waals surface area contributed by atoms with E-state index in [2.05, 4.69) is 35.2 Å². The van der Waals surface area contributed by atoms with Gasteiger partial charge in [0.05, 0.1) is 6.04 Å². The number of carbonyl (C=O) groups is 1. The Balaban J connectivity index is 1.71. The van der Waals surface area contributed by atoms with Gasteiger partial charge in [0.15, 0.2) is 0 Å². The van der Waals surface area contributed by atoms with E-state index < -0.39 is 5.60 Å². The number of fused-ring (bicyclic) bond motifs is 1. The highest BCUT2D eigenvalue weighted by molar-refractivity contribution is 5.69. The fraction of sp³-hybridized carbons (Fsp3) is 0.650. The van der Waals surface area contributed by atoms with Crippen molar-refractivity contribution in [2.24, 2.45) is 0 Å². The fourth-order valence-electron chi connectivity index (χ4n) is 4.01. The Morgan fingerprint density at radius 2 is 1.75 bits per heavy atom. The zero-order valence-corrected chi connectivity index (χ0v) is 15.2. The van der Waals surface area contributed by atoms with Gasteiger partial charge in [0, 0.05) is 25.7 Å². The monoisotopic (exact) mass is 330 g/mol. The molecule has 132 valence electrons. The van der Waals surface area contributed by atoms with Crippen molar-refractivity contribution >= 4 is 6.09 Å². The number of ether oxygens (including phenoxy) is 1. The van der Waals surface area contributed by atoms with Crippen LogP contribution in [0.2, 0.25) is 0 Å². The minimum absolute atomic E-state index is 0.140. The molecule has 2 aliphatic rings. The van der Waals surface area contributed by atoms with Crippen molar-refractivity contribution < 1.29 is 9.53 Å². The molecule has 4 heteroatoms. The first-order valence-electron chi connectivity index (χ1n) is 9.22. The summed E-state index contributed by atoms with van der Waals surface area (Å²) in [6, 6.07) is 11.4. The third-order valence-corrected chi connectivity index (χ3v) is 5.05. The van der Waals surface area contributed by atoms with Gasteiger partial charge in [0.1, 0.15) is 5.60 Å². The van der Waals surface area contributed by atoms with Crippen molar-refractivity contribution in [1.29, 1.82) is 0 Å². The van der Waals surface area contributed by atoms with E-state index in [1.54, 1.807) is 0 Å². The Kier molecular flexibility index (Phi) is 5.14. The summed E-state index contributed by atoms with van der Waals surface area (Å²) in [7, 11) is 0. The van der Waals surface area contributed by atoms with Crippen LogP contribution in [0, 0.1) is 0 Å². The normalized spacial score (nSPS) is 25.2. The van der Waals surface area contributed by atoms with E-state index in [-0.39, 0.29) is 6.09 Å². The van der Waals surface area contributed by atoms with Gasteiger partial charge in [-0.3, -0.25) is 4.90 Å². The molecule has 2 unspecified atom stereocenters. The molecule has 3 rings (SSSR count). The minimum Gasteiger partial charge on any atom is -0.444 e. The molecule has 1 saturated heterocycles. The summed E-state index contributed by atoms with van der Waals surface area (Å²) in [6.07, 6.45) is 4.60. The van der Waals surface area contributed by atoms with Gasteiger partial charge in [-0.25, -0.2) is 4.79 Å². The Morgan fingerprint density at radius 3 is 2.42 bits per heavy atom. The lowest BCUT2D eigenvalue weighted by Crippen LogP contribution is -2.62. The molecule has 2 atom stereocenters. The molecule has 0 radical (unpaired) electrons. The largest absolute Gasteiger partial charge is 0.444 e. The highest BCUT2D eigenvalue weighted by Gasteiger charge is 2.41. The van der Waals surface area contributed by atoms with Crippen LogP contribution in [0.15, 0.2) is 30.3 Å². The topological polar surface area (TPSA) is 32.8 Å². The van der Waals surface area contributed by atoms with Gasteiger partial charge >= 0.3 is 6.09 Å². The maximum atomic E-state index is 12.6. The van der Waals surface area contributed by atoms with Gasteiger partial charge in [-0.05, 0) is 39.2 Å². The summed E-state index contributed by atoms with van der Waals surface area (Å²) in [5, 5.41) is 0. The minimum atomic E-state index is -0.428. The van der Waals surface area contributed by atoms with E-state index in [4.69, 9.17) is 4.74 Å². The molecule has 1 amide bonds. The number of rotatable bonds is 2. The third-order valence-electron chi connectivity index (χ3n) is 5.05. The fourth-order valence-corrected chi connectivity index (χ4v) is 4.01. The second-order valence-corrected chi connectivity index (χ2v) is 8.05. The Bertz CT molecular complexity index is 553. The zero-order valence-electron chi connectivity index (χ0n) is 15.2. The van der Waals surface area contributed by atoms with Crippen LogP contribution >= 0.6 is 0 Å². The molecular weight excluding hydrogens is 300 g/mol. The lowest BCUT2D eigenvalue weighted by molar-refractivity contribution is -0.0332. The van der Waals surface area contributed by atoms with Gasteiger partial charge < -0.3 is 9.64 Å². The second kappa shape index (κ2) is 7.14. The highest BCUT2D eigenvalue weighted by atomic mass is 16.6. The number of piperazine rings is 1. The van der Waals surface area contributed by atoms with Gasteiger partial charge in [-0.15, -0.1) is 0 Å². The molecule has 1 aromatic rings. The van der Waals surface area contributed by atoms with Crippen LogP contribution in [0.5, 0.6) is 0 Å². The Morgan fingerprint density at radius 1 is 1.08 bits per heavy atom. The molecule has 24 heavy (non-hydrogen) atoms.